The molecule has 5 rings (SSSR count). The minimum absolute atomic E-state index is 0.704. The maximum Gasteiger partial charge on any atom is 0.138 e. The van der Waals surface area contributed by atoms with E-state index in [0.29, 0.717) is 6.42 Å². The largest absolute Gasteiger partial charge is 0.456 e. The average Bonchev–Trinajstić information content (AvgIpc) is 2.90. The van der Waals surface area contributed by atoms with Crippen LogP contribution in [0.2, 0.25) is 0 Å². The number of hydrogen-bond acceptors (Lipinski definition) is 3. The summed E-state index contributed by atoms with van der Waals surface area (Å²) >= 11 is 0. The fourth-order valence-electron chi connectivity index (χ4n) is 3.47. The van der Waals surface area contributed by atoms with Crippen molar-refractivity contribution in [2.24, 2.45) is 0 Å². The van der Waals surface area contributed by atoms with E-state index in [4.69, 9.17) is 4.42 Å². The molecule has 0 saturated carbocycles. The molecule has 0 N–H and O–H groups in total. The normalized spacial score (nSPS) is 13.9. The first-order valence-electron chi connectivity index (χ1n) is 7.65. The van der Waals surface area contributed by atoms with Crippen molar-refractivity contribution in [1.82, 2.24) is 4.98 Å². The van der Waals surface area contributed by atoms with Crippen LogP contribution in [0.4, 0.5) is 11.4 Å². The Kier molecular flexibility index (Phi) is 2.42. The highest BCUT2D eigenvalue weighted by Gasteiger charge is 2.25. The van der Waals surface area contributed by atoms with Crippen molar-refractivity contribution in [3.05, 3.63) is 78.8 Å². The molecule has 0 fully saturated rings. The maximum atomic E-state index is 6.03. The highest BCUT2D eigenvalue weighted by Crippen LogP contribution is 2.44. The summed E-state index contributed by atoms with van der Waals surface area (Å²) in [6.07, 6.45) is 2.51. The molecule has 0 bridgehead atoms. The lowest BCUT2D eigenvalue weighted by Crippen LogP contribution is -2.16. The number of rotatable bonds is 1. The summed E-state index contributed by atoms with van der Waals surface area (Å²) in [4.78, 5) is 6.79. The molecule has 110 valence electrons. The number of nitrogens with zero attached hydrogens (tertiary/aromatic N) is 2. The lowest BCUT2D eigenvalue weighted by Gasteiger charge is -2.26. The molecule has 2 aromatic heterocycles. The summed E-state index contributed by atoms with van der Waals surface area (Å²) < 4.78 is 6.03. The van der Waals surface area contributed by atoms with Crippen molar-refractivity contribution in [2.75, 3.05) is 4.90 Å². The predicted octanol–water partition coefficient (Wildman–Crippen LogP) is 5.19. The molecule has 3 nitrogen and oxygen atoms in total. The third-order valence-electron chi connectivity index (χ3n) is 4.41. The molecule has 3 heterocycles. The number of para-hydroxylation sites is 1. The van der Waals surface area contributed by atoms with E-state index in [2.05, 4.69) is 34.7 Å². The van der Waals surface area contributed by atoms with Crippen LogP contribution >= 0.6 is 0 Å². The van der Waals surface area contributed by atoms with Crippen LogP contribution in [0.15, 0.2) is 77.5 Å². The number of allylic oxidation sites excluding steroid dienone is 1. The van der Waals surface area contributed by atoms with E-state index in [1.54, 1.807) is 0 Å². The molecule has 0 atom stereocenters. The molecule has 3 heteroatoms. The quantitative estimate of drug-likeness (QED) is 0.484. The molecule has 0 aliphatic carbocycles. The highest BCUT2D eigenvalue weighted by atomic mass is 16.3. The van der Waals surface area contributed by atoms with E-state index in [-0.39, 0.29) is 0 Å². The van der Waals surface area contributed by atoms with Crippen LogP contribution in [0.1, 0.15) is 5.69 Å². The molecular formula is C20H14N2O. The van der Waals surface area contributed by atoms with Gasteiger partial charge in [-0.25, -0.2) is 0 Å². The topological polar surface area (TPSA) is 29.3 Å². The Morgan fingerprint density at radius 1 is 0.913 bits per heavy atom. The average molecular weight is 298 g/mol. The van der Waals surface area contributed by atoms with Crippen LogP contribution in [-0.4, -0.2) is 4.98 Å². The van der Waals surface area contributed by atoms with Gasteiger partial charge in [-0.1, -0.05) is 30.8 Å². The van der Waals surface area contributed by atoms with E-state index in [1.165, 1.54) is 0 Å². The first-order chi connectivity index (χ1) is 11.3. The van der Waals surface area contributed by atoms with Gasteiger partial charge in [-0.2, -0.15) is 0 Å². The third kappa shape index (κ3) is 1.67. The van der Waals surface area contributed by atoms with Gasteiger partial charge in [-0.15, -0.1) is 0 Å². The third-order valence-corrected chi connectivity index (χ3v) is 4.41. The molecule has 0 saturated heterocycles. The van der Waals surface area contributed by atoms with Gasteiger partial charge in [-0.3, -0.25) is 4.98 Å². The number of benzene rings is 2. The second-order valence-electron chi connectivity index (χ2n) is 5.80. The summed E-state index contributed by atoms with van der Waals surface area (Å²) in [6, 6.07) is 18.4. The van der Waals surface area contributed by atoms with Gasteiger partial charge in [0, 0.05) is 24.0 Å². The molecule has 0 amide bonds. The molecule has 1 aliphatic heterocycles. The molecule has 0 spiro atoms. The minimum Gasteiger partial charge on any atom is -0.456 e. The standard InChI is InChI=1S/C20H14N2O/c1-13-12-15-19-18(10-11-21-15)23-17-9-5-8-16(20(17)19)22(13)14-6-3-2-4-7-14/h2-11H,1,12H2. The van der Waals surface area contributed by atoms with E-state index in [9.17, 15) is 0 Å². The monoisotopic (exact) mass is 298 g/mol. The van der Waals surface area contributed by atoms with Crippen LogP contribution < -0.4 is 4.90 Å². The van der Waals surface area contributed by atoms with Crippen LogP contribution in [-0.2, 0) is 6.42 Å². The van der Waals surface area contributed by atoms with E-state index < -0.39 is 0 Å². The SMILES string of the molecule is C=C1Cc2nccc3oc4cccc(c4c23)N1c1ccccc1. The maximum absolute atomic E-state index is 6.03. The zero-order valence-electron chi connectivity index (χ0n) is 12.5. The van der Waals surface area contributed by atoms with Crippen molar-refractivity contribution in [1.29, 1.82) is 0 Å². The zero-order valence-corrected chi connectivity index (χ0v) is 12.5. The Balaban J connectivity index is 1.92. The second kappa shape index (κ2) is 4.46. The van der Waals surface area contributed by atoms with Gasteiger partial charge in [0.2, 0.25) is 0 Å². The molecule has 23 heavy (non-hydrogen) atoms. The van der Waals surface area contributed by atoms with Gasteiger partial charge in [0.05, 0.1) is 22.2 Å². The van der Waals surface area contributed by atoms with E-state index >= 15 is 0 Å². The Bertz CT molecular complexity index is 1060. The lowest BCUT2D eigenvalue weighted by atomic mass is 10.1. The summed E-state index contributed by atoms with van der Waals surface area (Å²) in [5, 5.41) is 2.23. The van der Waals surface area contributed by atoms with Gasteiger partial charge in [0.25, 0.3) is 0 Å². The van der Waals surface area contributed by atoms with Gasteiger partial charge >= 0.3 is 0 Å². The summed E-state index contributed by atoms with van der Waals surface area (Å²) in [7, 11) is 0. The van der Waals surface area contributed by atoms with Crippen LogP contribution in [0, 0.1) is 0 Å². The van der Waals surface area contributed by atoms with Crippen molar-refractivity contribution < 1.29 is 4.42 Å². The fraction of sp³-hybridized carbons (Fsp3) is 0.0500. The Hall–Kier alpha value is -3.07. The predicted molar refractivity (Wildman–Crippen MR) is 92.9 cm³/mol. The summed E-state index contributed by atoms with van der Waals surface area (Å²) in [5.74, 6) is 0. The lowest BCUT2D eigenvalue weighted by molar-refractivity contribution is 0.668. The molecule has 2 aromatic carbocycles. The van der Waals surface area contributed by atoms with Crippen molar-refractivity contribution >= 4 is 33.3 Å². The first-order valence-corrected chi connectivity index (χ1v) is 7.65. The summed E-state index contributed by atoms with van der Waals surface area (Å²) in [5.41, 5.74) is 6.02. The summed E-state index contributed by atoms with van der Waals surface area (Å²) in [6.45, 7) is 4.32. The van der Waals surface area contributed by atoms with E-state index in [0.717, 1.165) is 44.7 Å². The number of aromatic nitrogens is 1. The molecule has 1 aliphatic rings. The Morgan fingerprint density at radius 2 is 1.74 bits per heavy atom. The Morgan fingerprint density at radius 3 is 2.61 bits per heavy atom. The molecule has 0 unspecified atom stereocenters. The van der Waals surface area contributed by atoms with Gasteiger partial charge in [-0.05, 0) is 30.3 Å². The zero-order chi connectivity index (χ0) is 15.4. The van der Waals surface area contributed by atoms with Crippen LogP contribution in [0.3, 0.4) is 0 Å². The van der Waals surface area contributed by atoms with Crippen molar-refractivity contribution in [2.45, 2.75) is 6.42 Å². The molecule has 0 radical (unpaired) electrons. The van der Waals surface area contributed by atoms with Crippen molar-refractivity contribution in [3.8, 4) is 0 Å². The van der Waals surface area contributed by atoms with Gasteiger partial charge < -0.3 is 9.32 Å². The molecule has 4 aromatic rings. The number of furan rings is 1. The first kappa shape index (κ1) is 12.5. The Labute approximate surface area is 133 Å². The van der Waals surface area contributed by atoms with Gasteiger partial charge in [0.15, 0.2) is 0 Å². The number of anilines is 2. The number of hydrogen-bond donors (Lipinski definition) is 0. The van der Waals surface area contributed by atoms with Gasteiger partial charge in [0.1, 0.15) is 11.2 Å². The minimum atomic E-state index is 0.704. The van der Waals surface area contributed by atoms with E-state index in [1.807, 2.05) is 42.6 Å². The van der Waals surface area contributed by atoms with Crippen LogP contribution in [0.5, 0.6) is 0 Å². The highest BCUT2D eigenvalue weighted by molar-refractivity contribution is 6.14. The smallest absolute Gasteiger partial charge is 0.138 e. The fourth-order valence-corrected chi connectivity index (χ4v) is 3.47. The number of pyridine rings is 1. The second-order valence-corrected chi connectivity index (χ2v) is 5.80. The van der Waals surface area contributed by atoms with Crippen molar-refractivity contribution in [3.63, 3.8) is 0 Å². The molecular weight excluding hydrogens is 284 g/mol. The van der Waals surface area contributed by atoms with Crippen LogP contribution in [0.25, 0.3) is 21.9 Å².